The van der Waals surface area contributed by atoms with Crippen molar-refractivity contribution >= 4 is 0 Å². The summed E-state index contributed by atoms with van der Waals surface area (Å²) >= 11 is 0. The van der Waals surface area contributed by atoms with E-state index in [-0.39, 0.29) is 5.54 Å². The average Bonchev–Trinajstić information content (AvgIpc) is 2.29. The highest BCUT2D eigenvalue weighted by Crippen LogP contribution is 2.11. The van der Waals surface area contributed by atoms with Gasteiger partial charge in [-0.15, -0.1) is 0 Å². The van der Waals surface area contributed by atoms with Crippen molar-refractivity contribution in [1.82, 2.24) is 10.2 Å². The lowest BCUT2D eigenvalue weighted by Crippen LogP contribution is -2.39. The molecule has 0 saturated carbocycles. The molecule has 0 aliphatic heterocycles. The Morgan fingerprint density at radius 1 is 1.11 bits per heavy atom. The van der Waals surface area contributed by atoms with Crippen LogP contribution in [0.2, 0.25) is 0 Å². The fraction of sp³-hybridized carbons (Fsp3) is 1.00. The Bertz CT molecular complexity index is 196. The number of rotatable bonds is 9. The third-order valence-corrected chi connectivity index (χ3v) is 3.73. The van der Waals surface area contributed by atoms with Crippen LogP contribution in [0, 0.1) is 5.92 Å². The third kappa shape index (κ3) is 8.93. The summed E-state index contributed by atoms with van der Waals surface area (Å²) in [5.41, 5.74) is 0.254. The molecule has 2 heteroatoms. The van der Waals surface area contributed by atoms with E-state index in [1.165, 1.54) is 32.4 Å². The molecule has 110 valence electrons. The van der Waals surface area contributed by atoms with Gasteiger partial charge in [0.25, 0.3) is 0 Å². The van der Waals surface area contributed by atoms with E-state index >= 15 is 0 Å². The van der Waals surface area contributed by atoms with Gasteiger partial charge in [0.15, 0.2) is 0 Å². The summed E-state index contributed by atoms with van der Waals surface area (Å²) in [6.07, 6.45) is 3.86. The Morgan fingerprint density at radius 3 is 2.17 bits per heavy atom. The van der Waals surface area contributed by atoms with Crippen LogP contribution >= 0.6 is 0 Å². The lowest BCUT2D eigenvalue weighted by Gasteiger charge is -2.30. The predicted molar refractivity (Wildman–Crippen MR) is 83.2 cm³/mol. The number of nitrogens with one attached hydrogen (secondary N) is 1. The number of hydrogen-bond donors (Lipinski definition) is 1. The standard InChI is InChI=1S/C16H36N2/c1-8-14(3)13-18(9-2)15(4)11-10-12-17-16(5,6)7/h14-15,17H,8-13H2,1-7H3. The van der Waals surface area contributed by atoms with E-state index in [2.05, 4.69) is 58.7 Å². The van der Waals surface area contributed by atoms with E-state index < -0.39 is 0 Å². The fourth-order valence-corrected chi connectivity index (χ4v) is 2.19. The van der Waals surface area contributed by atoms with Crippen LogP contribution in [-0.2, 0) is 0 Å². The molecule has 0 aromatic heterocycles. The van der Waals surface area contributed by atoms with Crippen molar-refractivity contribution in [1.29, 1.82) is 0 Å². The predicted octanol–water partition coefficient (Wildman–Crippen LogP) is 3.91. The van der Waals surface area contributed by atoms with E-state index in [4.69, 9.17) is 0 Å². The molecule has 0 radical (unpaired) electrons. The van der Waals surface area contributed by atoms with Gasteiger partial charge in [-0.3, -0.25) is 0 Å². The van der Waals surface area contributed by atoms with E-state index in [0.29, 0.717) is 6.04 Å². The Kier molecular flexibility index (Phi) is 8.89. The minimum atomic E-state index is 0.254. The van der Waals surface area contributed by atoms with Crippen LogP contribution in [0.3, 0.4) is 0 Å². The molecule has 0 saturated heterocycles. The number of nitrogens with zero attached hydrogens (tertiary/aromatic N) is 1. The van der Waals surface area contributed by atoms with Crippen molar-refractivity contribution in [2.24, 2.45) is 5.92 Å². The summed E-state index contributed by atoms with van der Waals surface area (Å²) in [5.74, 6) is 0.820. The zero-order valence-corrected chi connectivity index (χ0v) is 13.8. The van der Waals surface area contributed by atoms with Crippen LogP contribution in [0.4, 0.5) is 0 Å². The molecular weight excluding hydrogens is 220 g/mol. The lowest BCUT2D eigenvalue weighted by atomic mass is 10.1. The maximum atomic E-state index is 3.57. The Morgan fingerprint density at radius 2 is 1.72 bits per heavy atom. The molecule has 0 fully saturated rings. The molecule has 0 aliphatic rings. The smallest absolute Gasteiger partial charge is 0.00965 e. The summed E-state index contributed by atoms with van der Waals surface area (Å²) in [4.78, 5) is 2.63. The lowest BCUT2D eigenvalue weighted by molar-refractivity contribution is 0.178. The average molecular weight is 256 g/mol. The highest BCUT2D eigenvalue weighted by molar-refractivity contribution is 4.72. The summed E-state index contributed by atoms with van der Waals surface area (Å²) in [6, 6.07) is 0.714. The van der Waals surface area contributed by atoms with Crippen LogP contribution < -0.4 is 5.32 Å². The van der Waals surface area contributed by atoms with Crippen molar-refractivity contribution in [2.75, 3.05) is 19.6 Å². The first-order valence-corrected chi connectivity index (χ1v) is 7.79. The van der Waals surface area contributed by atoms with Crippen molar-refractivity contribution in [3.05, 3.63) is 0 Å². The zero-order valence-electron chi connectivity index (χ0n) is 13.8. The first-order valence-electron chi connectivity index (χ1n) is 7.79. The van der Waals surface area contributed by atoms with Crippen LogP contribution in [0.5, 0.6) is 0 Å². The van der Waals surface area contributed by atoms with Crippen LogP contribution in [0.25, 0.3) is 0 Å². The monoisotopic (exact) mass is 256 g/mol. The molecule has 0 spiro atoms. The zero-order chi connectivity index (χ0) is 14.2. The molecule has 0 aromatic rings. The second-order valence-corrected chi connectivity index (χ2v) is 6.77. The van der Waals surface area contributed by atoms with Crippen molar-refractivity contribution in [3.63, 3.8) is 0 Å². The van der Waals surface area contributed by atoms with Crippen molar-refractivity contribution in [2.45, 2.75) is 79.3 Å². The van der Waals surface area contributed by atoms with E-state index in [9.17, 15) is 0 Å². The molecule has 2 unspecified atom stereocenters. The molecular formula is C16H36N2. The van der Waals surface area contributed by atoms with Crippen LogP contribution in [-0.4, -0.2) is 36.1 Å². The molecule has 0 rings (SSSR count). The highest BCUT2D eigenvalue weighted by atomic mass is 15.1. The molecule has 0 heterocycles. The summed E-state index contributed by atoms with van der Waals surface area (Å²) < 4.78 is 0. The molecule has 0 aliphatic carbocycles. The van der Waals surface area contributed by atoms with E-state index in [0.717, 1.165) is 12.5 Å². The second-order valence-electron chi connectivity index (χ2n) is 6.77. The highest BCUT2D eigenvalue weighted by Gasteiger charge is 2.14. The molecule has 0 bridgehead atoms. The molecule has 18 heavy (non-hydrogen) atoms. The van der Waals surface area contributed by atoms with Gasteiger partial charge >= 0.3 is 0 Å². The third-order valence-electron chi connectivity index (χ3n) is 3.73. The van der Waals surface area contributed by atoms with Crippen LogP contribution in [0.1, 0.15) is 67.7 Å². The van der Waals surface area contributed by atoms with Gasteiger partial charge in [-0.1, -0.05) is 27.2 Å². The molecule has 2 atom stereocenters. The number of hydrogen-bond acceptors (Lipinski definition) is 2. The first-order chi connectivity index (χ1) is 8.30. The maximum Gasteiger partial charge on any atom is 0.00965 e. The first kappa shape index (κ1) is 17.9. The summed E-state index contributed by atoms with van der Waals surface area (Å²) in [7, 11) is 0. The topological polar surface area (TPSA) is 15.3 Å². The minimum absolute atomic E-state index is 0.254. The maximum absolute atomic E-state index is 3.57. The fourth-order valence-electron chi connectivity index (χ4n) is 2.19. The van der Waals surface area contributed by atoms with Gasteiger partial charge in [-0.25, -0.2) is 0 Å². The molecule has 1 N–H and O–H groups in total. The largest absolute Gasteiger partial charge is 0.312 e. The Balaban J connectivity index is 3.87. The normalized spacial score (nSPS) is 16.0. The van der Waals surface area contributed by atoms with Gasteiger partial charge in [0, 0.05) is 18.1 Å². The minimum Gasteiger partial charge on any atom is -0.312 e. The quantitative estimate of drug-likeness (QED) is 0.629. The van der Waals surface area contributed by atoms with E-state index in [1.54, 1.807) is 0 Å². The molecule has 0 aromatic carbocycles. The Hall–Kier alpha value is -0.0800. The second kappa shape index (κ2) is 8.92. The van der Waals surface area contributed by atoms with Gasteiger partial charge < -0.3 is 10.2 Å². The Labute approximate surface area is 116 Å². The summed E-state index contributed by atoms with van der Waals surface area (Å²) in [5, 5.41) is 3.57. The van der Waals surface area contributed by atoms with Gasteiger partial charge in [0.2, 0.25) is 0 Å². The van der Waals surface area contributed by atoms with Crippen LogP contribution in [0.15, 0.2) is 0 Å². The van der Waals surface area contributed by atoms with E-state index in [1.807, 2.05) is 0 Å². The van der Waals surface area contributed by atoms with Crippen molar-refractivity contribution in [3.8, 4) is 0 Å². The van der Waals surface area contributed by atoms with Gasteiger partial charge in [-0.2, -0.15) is 0 Å². The molecule has 0 amide bonds. The van der Waals surface area contributed by atoms with Crippen molar-refractivity contribution < 1.29 is 0 Å². The van der Waals surface area contributed by atoms with Gasteiger partial charge in [0.05, 0.1) is 0 Å². The SMILES string of the molecule is CCC(C)CN(CC)C(C)CCCNC(C)(C)C. The van der Waals surface area contributed by atoms with Gasteiger partial charge in [0.1, 0.15) is 0 Å². The van der Waals surface area contributed by atoms with Gasteiger partial charge in [-0.05, 0) is 59.5 Å². The summed E-state index contributed by atoms with van der Waals surface area (Å²) in [6.45, 7) is 19.6. The molecule has 2 nitrogen and oxygen atoms in total.